The van der Waals surface area contributed by atoms with Crippen molar-refractivity contribution in [2.75, 3.05) is 19.6 Å². The molecule has 9 heteroatoms. The minimum Gasteiger partial charge on any atom is -0.350 e. The molecule has 1 aliphatic rings. The molecule has 0 spiro atoms. The van der Waals surface area contributed by atoms with Crippen molar-refractivity contribution >= 4 is 68.4 Å². The minimum atomic E-state index is -0.339. The summed E-state index contributed by atoms with van der Waals surface area (Å²) in [6, 6.07) is 17.2. The van der Waals surface area contributed by atoms with Crippen LogP contribution in [0.1, 0.15) is 48.2 Å². The van der Waals surface area contributed by atoms with Gasteiger partial charge in [0, 0.05) is 51.8 Å². The van der Waals surface area contributed by atoms with Gasteiger partial charge in [-0.3, -0.25) is 9.59 Å². The molecule has 0 saturated carbocycles. The first-order chi connectivity index (χ1) is 18.7. The van der Waals surface area contributed by atoms with Crippen LogP contribution in [0.5, 0.6) is 0 Å². The fourth-order valence-corrected chi connectivity index (χ4v) is 5.81. The Morgan fingerprint density at radius 3 is 2.56 bits per heavy atom. The second-order valence-corrected chi connectivity index (χ2v) is 12.0. The summed E-state index contributed by atoms with van der Waals surface area (Å²) < 4.78 is 0.858. The van der Waals surface area contributed by atoms with Gasteiger partial charge in [0.1, 0.15) is 0 Å². The van der Waals surface area contributed by atoms with E-state index in [4.69, 9.17) is 23.2 Å². The molecular weight excluding hydrogens is 646 g/mol. The van der Waals surface area contributed by atoms with E-state index in [0.717, 1.165) is 39.3 Å². The third-order valence-electron chi connectivity index (χ3n) is 6.90. The van der Waals surface area contributed by atoms with Crippen molar-refractivity contribution in [3.63, 3.8) is 0 Å². The van der Waals surface area contributed by atoms with Crippen LogP contribution in [-0.2, 0) is 15.8 Å². The Kier molecular flexibility index (Phi) is 10.9. The molecule has 3 N–H and O–H groups in total. The third kappa shape index (κ3) is 8.54. The SMILES string of the molecule is CC(C)NCC[C@@H]1N[C@H](CNC(=O)c2ccc3cc(Cl)ccc3c2)CCN(Cc2cc(Cl)cc(CI)c2)C1=O. The van der Waals surface area contributed by atoms with E-state index in [1.807, 2.05) is 53.4 Å². The number of hydrogen-bond acceptors (Lipinski definition) is 4. The Morgan fingerprint density at radius 1 is 1.05 bits per heavy atom. The lowest BCUT2D eigenvalue weighted by Crippen LogP contribution is -2.49. The maximum absolute atomic E-state index is 13.6. The molecule has 0 aliphatic carbocycles. The quantitative estimate of drug-likeness (QED) is 0.183. The lowest BCUT2D eigenvalue weighted by Gasteiger charge is -2.25. The Bertz CT molecular complexity index is 1320. The molecule has 2 atom stereocenters. The van der Waals surface area contributed by atoms with E-state index in [2.05, 4.69) is 58.5 Å². The molecule has 2 amide bonds. The van der Waals surface area contributed by atoms with Crippen LogP contribution in [0.2, 0.25) is 10.0 Å². The van der Waals surface area contributed by atoms with E-state index in [0.29, 0.717) is 47.7 Å². The number of amides is 2. The third-order valence-corrected chi connectivity index (χ3v) is 8.23. The number of carbonyl (C=O) groups excluding carboxylic acids is 2. The zero-order valence-corrected chi connectivity index (χ0v) is 25.9. The van der Waals surface area contributed by atoms with Crippen LogP contribution in [0.4, 0.5) is 0 Å². The fourth-order valence-electron chi connectivity index (χ4n) is 4.90. The molecular formula is C30H35Cl2IN4O2. The molecule has 1 heterocycles. The van der Waals surface area contributed by atoms with Crippen LogP contribution in [-0.4, -0.2) is 54.5 Å². The number of rotatable bonds is 10. The van der Waals surface area contributed by atoms with Crippen molar-refractivity contribution in [2.45, 2.75) is 55.8 Å². The van der Waals surface area contributed by atoms with Gasteiger partial charge in [0.05, 0.1) is 6.04 Å². The highest BCUT2D eigenvalue weighted by atomic mass is 127. The Morgan fingerprint density at radius 2 is 1.79 bits per heavy atom. The van der Waals surface area contributed by atoms with Crippen molar-refractivity contribution < 1.29 is 9.59 Å². The van der Waals surface area contributed by atoms with Gasteiger partial charge < -0.3 is 20.9 Å². The van der Waals surface area contributed by atoms with Gasteiger partial charge in [-0.15, -0.1) is 0 Å². The van der Waals surface area contributed by atoms with E-state index < -0.39 is 0 Å². The van der Waals surface area contributed by atoms with Crippen LogP contribution in [0.15, 0.2) is 54.6 Å². The zero-order chi connectivity index (χ0) is 27.9. The average molecular weight is 681 g/mol. The lowest BCUT2D eigenvalue weighted by atomic mass is 10.1. The molecule has 1 saturated heterocycles. The van der Waals surface area contributed by atoms with Crippen LogP contribution < -0.4 is 16.0 Å². The van der Waals surface area contributed by atoms with E-state index in [9.17, 15) is 9.59 Å². The van der Waals surface area contributed by atoms with Crippen LogP contribution in [0.25, 0.3) is 10.8 Å². The lowest BCUT2D eigenvalue weighted by molar-refractivity contribution is -0.133. The van der Waals surface area contributed by atoms with E-state index in [1.54, 1.807) is 0 Å². The van der Waals surface area contributed by atoms with Crippen LogP contribution in [0, 0.1) is 0 Å². The van der Waals surface area contributed by atoms with Gasteiger partial charge in [-0.25, -0.2) is 0 Å². The van der Waals surface area contributed by atoms with Crippen molar-refractivity contribution in [1.82, 2.24) is 20.9 Å². The molecule has 6 nitrogen and oxygen atoms in total. The molecule has 4 rings (SSSR count). The largest absolute Gasteiger partial charge is 0.350 e. The fraction of sp³-hybridized carbons (Fsp3) is 0.400. The van der Waals surface area contributed by atoms with Gasteiger partial charge >= 0.3 is 0 Å². The first-order valence-electron chi connectivity index (χ1n) is 13.3. The second kappa shape index (κ2) is 14.1. The molecule has 1 aliphatic heterocycles. The summed E-state index contributed by atoms with van der Waals surface area (Å²) in [5.41, 5.74) is 2.78. The standard InChI is InChI=1S/C30H35Cl2IN4O2/c1-19(2)34-9-7-28-30(39)37(18-21-11-20(16-33)12-26(32)13-21)10-8-27(36-28)17-35-29(38)24-4-3-23-15-25(31)6-5-22(23)14-24/h3-6,11-15,19,27-28,34,36H,7-10,16-18H2,1-2H3,(H,35,38)/t27-,28-/m0/s1. The summed E-state index contributed by atoms with van der Waals surface area (Å²) >= 11 is 14.8. The highest BCUT2D eigenvalue weighted by Crippen LogP contribution is 2.22. The molecule has 0 radical (unpaired) electrons. The highest BCUT2D eigenvalue weighted by molar-refractivity contribution is 14.1. The van der Waals surface area contributed by atoms with E-state index in [-0.39, 0.29) is 23.9 Å². The normalized spacial score (nSPS) is 18.0. The van der Waals surface area contributed by atoms with Gasteiger partial charge in [0.15, 0.2) is 0 Å². The van der Waals surface area contributed by atoms with Crippen LogP contribution >= 0.6 is 45.8 Å². The summed E-state index contributed by atoms with van der Waals surface area (Å²) in [7, 11) is 0. The summed E-state index contributed by atoms with van der Waals surface area (Å²) in [5.74, 6) is -0.0528. The Balaban J connectivity index is 1.44. The highest BCUT2D eigenvalue weighted by Gasteiger charge is 2.31. The van der Waals surface area contributed by atoms with Crippen molar-refractivity contribution in [2.24, 2.45) is 0 Å². The predicted octanol–water partition coefficient (Wildman–Crippen LogP) is 5.96. The predicted molar refractivity (Wildman–Crippen MR) is 169 cm³/mol. The van der Waals surface area contributed by atoms with E-state index in [1.165, 1.54) is 0 Å². The number of nitrogens with one attached hydrogen (secondary N) is 3. The maximum Gasteiger partial charge on any atom is 0.251 e. The topological polar surface area (TPSA) is 73.5 Å². The van der Waals surface area contributed by atoms with Crippen molar-refractivity contribution in [3.05, 3.63) is 81.3 Å². The minimum absolute atomic E-state index is 0.0320. The molecule has 0 aromatic heterocycles. The molecule has 3 aromatic rings. The summed E-state index contributed by atoms with van der Waals surface area (Å²) in [4.78, 5) is 28.6. The van der Waals surface area contributed by atoms with Crippen molar-refractivity contribution in [3.8, 4) is 0 Å². The van der Waals surface area contributed by atoms with Gasteiger partial charge in [0.2, 0.25) is 5.91 Å². The first kappa shape index (κ1) is 30.1. The number of alkyl halides is 1. The van der Waals surface area contributed by atoms with Gasteiger partial charge in [-0.05, 0) is 77.7 Å². The Labute approximate surface area is 254 Å². The molecule has 39 heavy (non-hydrogen) atoms. The molecule has 3 aromatic carbocycles. The number of halogens is 3. The molecule has 208 valence electrons. The number of nitrogens with zero attached hydrogens (tertiary/aromatic N) is 1. The number of benzene rings is 3. The van der Waals surface area contributed by atoms with Gasteiger partial charge in [-0.2, -0.15) is 0 Å². The second-order valence-electron chi connectivity index (χ2n) is 10.4. The smallest absolute Gasteiger partial charge is 0.251 e. The first-order valence-corrected chi connectivity index (χ1v) is 15.6. The maximum atomic E-state index is 13.6. The molecule has 1 fully saturated rings. The summed E-state index contributed by atoms with van der Waals surface area (Å²) in [5, 5.41) is 13.4. The molecule has 0 bridgehead atoms. The number of hydrogen-bond donors (Lipinski definition) is 3. The number of fused-ring (bicyclic) bond motifs is 1. The van der Waals surface area contributed by atoms with Gasteiger partial charge in [-0.1, -0.05) is 77.8 Å². The average Bonchev–Trinajstić information content (AvgIpc) is 3.05. The zero-order valence-electron chi connectivity index (χ0n) is 22.3. The number of carbonyl (C=O) groups is 2. The van der Waals surface area contributed by atoms with Gasteiger partial charge in [0.25, 0.3) is 5.91 Å². The van der Waals surface area contributed by atoms with E-state index >= 15 is 0 Å². The Hall–Kier alpha value is -1.91. The summed E-state index contributed by atoms with van der Waals surface area (Å²) in [6.07, 6.45) is 1.40. The van der Waals surface area contributed by atoms with Crippen LogP contribution in [0.3, 0.4) is 0 Å². The summed E-state index contributed by atoms with van der Waals surface area (Å²) in [6.45, 7) is 6.47. The monoisotopic (exact) mass is 680 g/mol. The van der Waals surface area contributed by atoms with Crippen molar-refractivity contribution in [1.29, 1.82) is 0 Å². The molecule has 0 unspecified atom stereocenters.